The van der Waals surface area contributed by atoms with Crippen molar-refractivity contribution in [2.45, 2.75) is 26.9 Å². The molecule has 0 bridgehead atoms. The van der Waals surface area contributed by atoms with Crippen molar-refractivity contribution >= 4 is 23.5 Å². The van der Waals surface area contributed by atoms with Crippen LogP contribution in [0.2, 0.25) is 0 Å². The van der Waals surface area contributed by atoms with Gasteiger partial charge in [-0.15, -0.1) is 0 Å². The lowest BCUT2D eigenvalue weighted by Gasteiger charge is -2.17. The average Bonchev–Trinajstić information content (AvgIpc) is 2.69. The number of rotatable bonds is 6. The van der Waals surface area contributed by atoms with E-state index in [9.17, 15) is 14.4 Å². The molecule has 28 heavy (non-hydrogen) atoms. The third-order valence-corrected chi connectivity index (χ3v) is 4.27. The minimum absolute atomic E-state index is 0.115. The van der Waals surface area contributed by atoms with Crippen molar-refractivity contribution in [1.29, 1.82) is 0 Å². The number of aryl methyl sites for hydroxylation is 1. The zero-order chi connectivity index (χ0) is 20.8. The molecule has 0 aliphatic heterocycles. The number of methoxy groups -OCH3 is 2. The Hall–Kier alpha value is -3.35. The van der Waals surface area contributed by atoms with Crippen LogP contribution in [0.15, 0.2) is 36.4 Å². The first-order valence-electron chi connectivity index (χ1n) is 8.62. The summed E-state index contributed by atoms with van der Waals surface area (Å²) in [6.45, 7) is 5.49. The number of ether oxygens (including phenoxy) is 3. The van der Waals surface area contributed by atoms with E-state index in [1.165, 1.54) is 32.4 Å². The minimum Gasteiger partial charge on any atom is -0.481 e. The number of carbonyl (C=O) groups is 3. The lowest BCUT2D eigenvalue weighted by Crippen LogP contribution is -2.30. The number of benzene rings is 2. The predicted molar refractivity (Wildman–Crippen MR) is 104 cm³/mol. The van der Waals surface area contributed by atoms with Gasteiger partial charge in [-0.1, -0.05) is 12.1 Å². The Bertz CT molecular complexity index is 872. The summed E-state index contributed by atoms with van der Waals surface area (Å²) in [4.78, 5) is 36.2. The number of hydrogen-bond acceptors (Lipinski definition) is 6. The standard InChI is InChI=1S/C21H23NO6/c1-12-7-6-8-18(13(12)2)28-14(3)19(23)22-17-10-15(20(24)26-4)9-16(11-17)21(25)27-5/h6-11,14H,1-5H3,(H,22,23)/t14-/m1/s1. The molecule has 0 saturated carbocycles. The normalized spacial score (nSPS) is 11.3. The van der Waals surface area contributed by atoms with E-state index in [1.54, 1.807) is 13.0 Å². The summed E-state index contributed by atoms with van der Waals surface area (Å²) in [5.41, 5.74) is 2.48. The zero-order valence-electron chi connectivity index (χ0n) is 16.5. The molecule has 0 aromatic heterocycles. The van der Waals surface area contributed by atoms with Gasteiger partial charge in [-0.2, -0.15) is 0 Å². The van der Waals surface area contributed by atoms with Crippen molar-refractivity contribution in [3.05, 3.63) is 58.7 Å². The highest BCUT2D eigenvalue weighted by Crippen LogP contribution is 2.22. The van der Waals surface area contributed by atoms with Crippen LogP contribution < -0.4 is 10.1 Å². The van der Waals surface area contributed by atoms with Crippen LogP contribution in [-0.4, -0.2) is 38.2 Å². The maximum atomic E-state index is 12.5. The summed E-state index contributed by atoms with van der Waals surface area (Å²) in [7, 11) is 2.46. The number of carbonyl (C=O) groups excluding carboxylic acids is 3. The van der Waals surface area contributed by atoms with E-state index in [4.69, 9.17) is 4.74 Å². The molecule has 0 unspecified atom stereocenters. The van der Waals surface area contributed by atoms with E-state index in [0.717, 1.165) is 11.1 Å². The van der Waals surface area contributed by atoms with Crippen LogP contribution >= 0.6 is 0 Å². The van der Waals surface area contributed by atoms with Crippen molar-refractivity contribution in [1.82, 2.24) is 0 Å². The number of anilines is 1. The third-order valence-electron chi connectivity index (χ3n) is 4.27. The molecule has 148 valence electrons. The largest absolute Gasteiger partial charge is 0.481 e. The molecule has 7 nitrogen and oxygen atoms in total. The molecule has 0 saturated heterocycles. The minimum atomic E-state index is -0.802. The quantitative estimate of drug-likeness (QED) is 0.768. The molecule has 7 heteroatoms. The molecule has 1 N–H and O–H groups in total. The lowest BCUT2D eigenvalue weighted by atomic mass is 10.1. The van der Waals surface area contributed by atoms with Crippen LogP contribution in [0.3, 0.4) is 0 Å². The first-order chi connectivity index (χ1) is 13.3. The zero-order valence-corrected chi connectivity index (χ0v) is 16.5. The molecule has 0 aliphatic rings. The van der Waals surface area contributed by atoms with Gasteiger partial charge in [-0.3, -0.25) is 4.79 Å². The second kappa shape index (κ2) is 9.03. The van der Waals surface area contributed by atoms with E-state index in [1.807, 2.05) is 26.0 Å². The molecule has 1 atom stereocenters. The van der Waals surface area contributed by atoms with Crippen LogP contribution in [0.1, 0.15) is 38.8 Å². The summed E-state index contributed by atoms with van der Waals surface area (Å²) in [5.74, 6) is -1.10. The Morgan fingerprint density at radius 1 is 0.929 bits per heavy atom. The molecule has 0 fully saturated rings. The maximum Gasteiger partial charge on any atom is 0.337 e. The maximum absolute atomic E-state index is 12.5. The SMILES string of the molecule is COC(=O)c1cc(NC(=O)[C@@H](C)Oc2cccc(C)c2C)cc(C(=O)OC)c1. The van der Waals surface area contributed by atoms with Crippen LogP contribution in [0.25, 0.3) is 0 Å². The Morgan fingerprint density at radius 3 is 2.04 bits per heavy atom. The number of esters is 2. The van der Waals surface area contributed by atoms with Gasteiger partial charge in [-0.05, 0) is 56.2 Å². The molecule has 2 aromatic rings. The first kappa shape index (κ1) is 21.0. The summed E-state index contributed by atoms with van der Waals surface area (Å²) in [6, 6.07) is 9.77. The fraction of sp³-hybridized carbons (Fsp3) is 0.286. The Kier molecular flexibility index (Phi) is 6.76. The van der Waals surface area contributed by atoms with Gasteiger partial charge < -0.3 is 19.5 Å². The molecule has 2 rings (SSSR count). The molecule has 0 heterocycles. The number of amides is 1. The molecule has 0 aliphatic carbocycles. The van der Waals surface area contributed by atoms with Crippen molar-refractivity contribution in [3.8, 4) is 5.75 Å². The second-order valence-electron chi connectivity index (χ2n) is 6.23. The number of hydrogen-bond donors (Lipinski definition) is 1. The van der Waals surface area contributed by atoms with E-state index in [2.05, 4.69) is 14.8 Å². The fourth-order valence-corrected chi connectivity index (χ4v) is 2.51. The second-order valence-corrected chi connectivity index (χ2v) is 6.23. The topological polar surface area (TPSA) is 90.9 Å². The van der Waals surface area contributed by atoms with Crippen LogP contribution in [0, 0.1) is 13.8 Å². The van der Waals surface area contributed by atoms with Gasteiger partial charge in [-0.25, -0.2) is 9.59 Å². The van der Waals surface area contributed by atoms with Crippen LogP contribution in [0.4, 0.5) is 5.69 Å². The van der Waals surface area contributed by atoms with Gasteiger partial charge in [0.2, 0.25) is 0 Å². The highest BCUT2D eigenvalue weighted by Gasteiger charge is 2.19. The summed E-state index contributed by atoms with van der Waals surface area (Å²) in [6.07, 6.45) is -0.802. The van der Waals surface area contributed by atoms with E-state index in [-0.39, 0.29) is 16.8 Å². The van der Waals surface area contributed by atoms with Gasteiger partial charge in [0.25, 0.3) is 5.91 Å². The first-order valence-corrected chi connectivity index (χ1v) is 8.62. The highest BCUT2D eigenvalue weighted by atomic mass is 16.5. The average molecular weight is 385 g/mol. The van der Waals surface area contributed by atoms with E-state index < -0.39 is 23.9 Å². The van der Waals surface area contributed by atoms with Gasteiger partial charge >= 0.3 is 11.9 Å². The van der Waals surface area contributed by atoms with Crippen molar-refractivity contribution < 1.29 is 28.6 Å². The van der Waals surface area contributed by atoms with Crippen molar-refractivity contribution in [2.24, 2.45) is 0 Å². The molecular weight excluding hydrogens is 362 g/mol. The molecule has 0 spiro atoms. The lowest BCUT2D eigenvalue weighted by molar-refractivity contribution is -0.122. The van der Waals surface area contributed by atoms with Crippen LogP contribution in [0.5, 0.6) is 5.75 Å². The van der Waals surface area contributed by atoms with Gasteiger partial charge in [0.05, 0.1) is 25.3 Å². The number of nitrogens with one attached hydrogen (secondary N) is 1. The Labute approximate surface area is 163 Å². The summed E-state index contributed by atoms with van der Waals surface area (Å²) >= 11 is 0. The monoisotopic (exact) mass is 385 g/mol. The smallest absolute Gasteiger partial charge is 0.337 e. The molecule has 0 radical (unpaired) electrons. The van der Waals surface area contributed by atoms with Crippen molar-refractivity contribution in [2.75, 3.05) is 19.5 Å². The molecular formula is C21H23NO6. The Morgan fingerprint density at radius 2 is 1.50 bits per heavy atom. The summed E-state index contributed by atoms with van der Waals surface area (Å²) in [5, 5.41) is 2.66. The predicted octanol–water partition coefficient (Wildman–Crippen LogP) is 3.28. The highest BCUT2D eigenvalue weighted by molar-refractivity contribution is 6.00. The van der Waals surface area contributed by atoms with E-state index >= 15 is 0 Å². The van der Waals surface area contributed by atoms with E-state index in [0.29, 0.717) is 5.75 Å². The van der Waals surface area contributed by atoms with Gasteiger partial charge in [0.15, 0.2) is 6.10 Å². The molecule has 2 aromatic carbocycles. The molecule has 1 amide bonds. The van der Waals surface area contributed by atoms with Crippen molar-refractivity contribution in [3.63, 3.8) is 0 Å². The summed E-state index contributed by atoms with van der Waals surface area (Å²) < 4.78 is 15.1. The van der Waals surface area contributed by atoms with Crippen LogP contribution in [-0.2, 0) is 14.3 Å². The van der Waals surface area contributed by atoms with Gasteiger partial charge in [0, 0.05) is 5.69 Å². The fourth-order valence-electron chi connectivity index (χ4n) is 2.51. The van der Waals surface area contributed by atoms with Gasteiger partial charge in [0.1, 0.15) is 5.75 Å². The Balaban J connectivity index is 2.23. The third kappa shape index (κ3) is 4.88.